The molecule has 0 heterocycles. The molecule has 3 N–H and O–H groups in total. The zero-order valence-corrected chi connectivity index (χ0v) is 9.37. The van der Waals surface area contributed by atoms with Crippen LogP contribution in [-0.4, -0.2) is 60.5 Å². The first-order valence-corrected chi connectivity index (χ1v) is 5.42. The minimum Gasteiger partial charge on any atom is -0.395 e. The quantitative estimate of drug-likeness (QED) is 0.481. The predicted octanol–water partition coefficient (Wildman–Crippen LogP) is -0.339. The van der Waals surface area contributed by atoms with Crippen LogP contribution in [0.5, 0.6) is 0 Å². The molecule has 0 amide bonds. The molecule has 0 aliphatic carbocycles. The van der Waals surface area contributed by atoms with Crippen molar-refractivity contribution in [2.75, 3.05) is 39.4 Å². The van der Waals surface area contributed by atoms with Crippen LogP contribution < -0.4 is 5.32 Å². The van der Waals surface area contributed by atoms with Crippen LogP contribution in [0.15, 0.2) is 0 Å². The molecule has 0 fully saturated rings. The van der Waals surface area contributed by atoms with E-state index in [2.05, 4.69) is 24.1 Å². The number of hydrogen-bond acceptors (Lipinski definition) is 4. The van der Waals surface area contributed by atoms with Gasteiger partial charge in [0.25, 0.3) is 0 Å². The Hall–Kier alpha value is -0.160. The van der Waals surface area contributed by atoms with Crippen molar-refractivity contribution < 1.29 is 10.2 Å². The van der Waals surface area contributed by atoms with Gasteiger partial charge in [-0.15, -0.1) is 0 Å². The van der Waals surface area contributed by atoms with Gasteiger partial charge in [-0.2, -0.15) is 0 Å². The minimum absolute atomic E-state index is 0.156. The average molecular weight is 204 g/mol. The summed E-state index contributed by atoms with van der Waals surface area (Å²) in [7, 11) is 0. The fourth-order valence-electron chi connectivity index (χ4n) is 1.23. The van der Waals surface area contributed by atoms with Crippen molar-refractivity contribution in [3.63, 3.8) is 0 Å². The third kappa shape index (κ3) is 7.26. The van der Waals surface area contributed by atoms with E-state index in [0.29, 0.717) is 19.1 Å². The molecule has 0 spiro atoms. The Morgan fingerprint density at radius 3 is 2.14 bits per heavy atom. The molecule has 86 valence electrons. The Morgan fingerprint density at radius 2 is 1.71 bits per heavy atom. The zero-order valence-electron chi connectivity index (χ0n) is 9.37. The highest BCUT2D eigenvalue weighted by Crippen LogP contribution is 1.89. The Morgan fingerprint density at radius 1 is 1.14 bits per heavy atom. The minimum atomic E-state index is 0.156. The van der Waals surface area contributed by atoms with Crippen LogP contribution in [-0.2, 0) is 0 Å². The van der Waals surface area contributed by atoms with Crippen molar-refractivity contribution in [3.05, 3.63) is 0 Å². The van der Waals surface area contributed by atoms with Crippen molar-refractivity contribution >= 4 is 0 Å². The average Bonchev–Trinajstić information content (AvgIpc) is 2.18. The van der Waals surface area contributed by atoms with E-state index in [1.807, 2.05) is 0 Å². The van der Waals surface area contributed by atoms with Gasteiger partial charge in [0.2, 0.25) is 0 Å². The Balaban J connectivity index is 3.49. The molecule has 14 heavy (non-hydrogen) atoms. The smallest absolute Gasteiger partial charge is 0.0558 e. The molecule has 0 aromatic heterocycles. The van der Waals surface area contributed by atoms with Gasteiger partial charge in [0.1, 0.15) is 0 Å². The third-order valence-electron chi connectivity index (χ3n) is 2.37. The molecule has 4 nitrogen and oxygen atoms in total. The summed E-state index contributed by atoms with van der Waals surface area (Å²) >= 11 is 0. The molecule has 0 radical (unpaired) electrons. The predicted molar refractivity (Wildman–Crippen MR) is 58.4 cm³/mol. The lowest BCUT2D eigenvalue weighted by Gasteiger charge is -2.21. The summed E-state index contributed by atoms with van der Waals surface area (Å²) in [6.45, 7) is 7.69. The van der Waals surface area contributed by atoms with E-state index in [0.717, 1.165) is 19.5 Å². The number of aliphatic hydroxyl groups is 2. The van der Waals surface area contributed by atoms with Gasteiger partial charge in [-0.05, 0) is 13.3 Å². The lowest BCUT2D eigenvalue weighted by molar-refractivity contribution is 0.161. The van der Waals surface area contributed by atoms with Gasteiger partial charge in [-0.1, -0.05) is 6.92 Å². The number of rotatable bonds is 9. The van der Waals surface area contributed by atoms with Gasteiger partial charge >= 0.3 is 0 Å². The zero-order chi connectivity index (χ0) is 10.8. The highest BCUT2D eigenvalue weighted by molar-refractivity contribution is 4.62. The standard InChI is InChI=1S/C10H24N2O2/c1-3-10(2)11-4-5-12(6-8-13)7-9-14/h10-11,13-14H,3-9H2,1-2H3. The van der Waals surface area contributed by atoms with Gasteiger partial charge in [0.05, 0.1) is 13.2 Å². The molecule has 0 bridgehead atoms. The fraction of sp³-hybridized carbons (Fsp3) is 1.00. The van der Waals surface area contributed by atoms with Gasteiger partial charge in [-0.25, -0.2) is 0 Å². The van der Waals surface area contributed by atoms with E-state index < -0.39 is 0 Å². The van der Waals surface area contributed by atoms with Gasteiger partial charge in [-0.3, -0.25) is 4.90 Å². The van der Waals surface area contributed by atoms with Crippen LogP contribution in [0, 0.1) is 0 Å². The first kappa shape index (κ1) is 13.8. The second kappa shape index (κ2) is 9.40. The number of hydrogen-bond donors (Lipinski definition) is 3. The van der Waals surface area contributed by atoms with E-state index in [4.69, 9.17) is 10.2 Å². The van der Waals surface area contributed by atoms with Crippen LogP contribution >= 0.6 is 0 Å². The molecular weight excluding hydrogens is 180 g/mol. The molecule has 0 saturated heterocycles. The van der Waals surface area contributed by atoms with Gasteiger partial charge < -0.3 is 15.5 Å². The topological polar surface area (TPSA) is 55.7 Å². The van der Waals surface area contributed by atoms with Crippen molar-refractivity contribution in [1.29, 1.82) is 0 Å². The highest BCUT2D eigenvalue weighted by Gasteiger charge is 2.03. The molecule has 0 aliphatic rings. The van der Waals surface area contributed by atoms with E-state index in [1.165, 1.54) is 0 Å². The van der Waals surface area contributed by atoms with Crippen LogP contribution in [0.25, 0.3) is 0 Å². The molecule has 1 atom stereocenters. The summed E-state index contributed by atoms with van der Waals surface area (Å²) < 4.78 is 0. The second-order valence-corrected chi connectivity index (χ2v) is 3.55. The number of nitrogens with one attached hydrogen (secondary N) is 1. The molecule has 4 heteroatoms. The van der Waals surface area contributed by atoms with Crippen LogP contribution in [0.4, 0.5) is 0 Å². The van der Waals surface area contributed by atoms with Crippen molar-refractivity contribution in [1.82, 2.24) is 10.2 Å². The van der Waals surface area contributed by atoms with E-state index in [-0.39, 0.29) is 13.2 Å². The maximum Gasteiger partial charge on any atom is 0.0558 e. The Kier molecular flexibility index (Phi) is 9.29. The summed E-state index contributed by atoms with van der Waals surface area (Å²) in [6, 6.07) is 0.542. The normalized spacial score (nSPS) is 13.5. The van der Waals surface area contributed by atoms with Gasteiger partial charge in [0.15, 0.2) is 0 Å². The number of aliphatic hydroxyl groups excluding tert-OH is 2. The van der Waals surface area contributed by atoms with Crippen molar-refractivity contribution in [2.45, 2.75) is 26.3 Å². The summed E-state index contributed by atoms with van der Waals surface area (Å²) in [4.78, 5) is 2.05. The van der Waals surface area contributed by atoms with E-state index in [9.17, 15) is 0 Å². The summed E-state index contributed by atoms with van der Waals surface area (Å²) in [5.74, 6) is 0. The number of nitrogens with zero attached hydrogens (tertiary/aromatic N) is 1. The molecule has 0 saturated carbocycles. The van der Waals surface area contributed by atoms with Crippen molar-refractivity contribution in [3.8, 4) is 0 Å². The van der Waals surface area contributed by atoms with E-state index >= 15 is 0 Å². The third-order valence-corrected chi connectivity index (χ3v) is 2.37. The van der Waals surface area contributed by atoms with Crippen LogP contribution in [0.1, 0.15) is 20.3 Å². The largest absolute Gasteiger partial charge is 0.395 e. The van der Waals surface area contributed by atoms with Crippen LogP contribution in [0.2, 0.25) is 0 Å². The lowest BCUT2D eigenvalue weighted by Crippen LogP contribution is -2.38. The highest BCUT2D eigenvalue weighted by atomic mass is 16.3. The fourth-order valence-corrected chi connectivity index (χ4v) is 1.23. The Bertz CT molecular complexity index is 117. The lowest BCUT2D eigenvalue weighted by atomic mass is 10.2. The van der Waals surface area contributed by atoms with Crippen molar-refractivity contribution in [2.24, 2.45) is 0 Å². The van der Waals surface area contributed by atoms with Gasteiger partial charge in [0, 0.05) is 32.2 Å². The first-order chi connectivity index (χ1) is 6.74. The second-order valence-electron chi connectivity index (χ2n) is 3.55. The molecular formula is C10H24N2O2. The molecule has 0 aromatic carbocycles. The van der Waals surface area contributed by atoms with Crippen LogP contribution in [0.3, 0.4) is 0 Å². The maximum absolute atomic E-state index is 8.77. The SMILES string of the molecule is CCC(C)NCCN(CCO)CCO. The first-order valence-electron chi connectivity index (χ1n) is 5.42. The molecule has 0 aliphatic heterocycles. The Labute approximate surface area is 86.9 Å². The van der Waals surface area contributed by atoms with E-state index in [1.54, 1.807) is 0 Å². The summed E-state index contributed by atoms with van der Waals surface area (Å²) in [5.41, 5.74) is 0. The monoisotopic (exact) mass is 204 g/mol. The maximum atomic E-state index is 8.77. The molecule has 0 aromatic rings. The summed E-state index contributed by atoms with van der Waals surface area (Å²) in [6.07, 6.45) is 1.12. The summed E-state index contributed by atoms with van der Waals surface area (Å²) in [5, 5.41) is 20.9. The molecule has 0 rings (SSSR count). The molecule has 1 unspecified atom stereocenters.